The third kappa shape index (κ3) is 3.63. The molecule has 0 bridgehead atoms. The number of rotatable bonds is 5. The van der Waals surface area contributed by atoms with E-state index in [2.05, 4.69) is 17.5 Å². The number of carbonyl (C=O) groups is 1. The van der Waals surface area contributed by atoms with E-state index in [9.17, 15) is 13.6 Å². The first kappa shape index (κ1) is 13.3. The predicted octanol–water partition coefficient (Wildman–Crippen LogP) is 0.886. The summed E-state index contributed by atoms with van der Waals surface area (Å²) >= 11 is 4.61. The van der Waals surface area contributed by atoms with Crippen LogP contribution in [0.2, 0.25) is 0 Å². The van der Waals surface area contributed by atoms with Gasteiger partial charge in [0.2, 0.25) is 5.91 Å². The van der Waals surface area contributed by atoms with E-state index in [0.717, 1.165) is 12.1 Å². The van der Waals surface area contributed by atoms with Gasteiger partial charge in [0.25, 0.3) is 0 Å². The van der Waals surface area contributed by atoms with E-state index in [-0.39, 0.29) is 29.2 Å². The van der Waals surface area contributed by atoms with Gasteiger partial charge >= 0.3 is 0 Å². The van der Waals surface area contributed by atoms with Gasteiger partial charge < -0.3 is 16.8 Å². The Morgan fingerprint density at radius 3 is 2.24 bits per heavy atom. The smallest absolute Gasteiger partial charge is 0.219 e. The first-order chi connectivity index (χ1) is 7.91. The minimum atomic E-state index is -0.822. The summed E-state index contributed by atoms with van der Waals surface area (Å²) in [5.74, 6) is -2.20. The summed E-state index contributed by atoms with van der Waals surface area (Å²) in [6.45, 7) is 0.0512. The number of hydrogen-bond donors (Lipinski definition) is 3. The molecule has 92 valence electrons. The topological polar surface area (TPSA) is 81.1 Å². The molecule has 1 rings (SSSR count). The average molecular weight is 259 g/mol. The number of halogens is 2. The van der Waals surface area contributed by atoms with E-state index in [1.165, 1.54) is 0 Å². The summed E-state index contributed by atoms with van der Waals surface area (Å²) in [5, 5.41) is 2.44. The molecule has 0 saturated heterocycles. The molecule has 0 saturated carbocycles. The molecule has 1 aromatic carbocycles. The Balaban J connectivity index is 2.86. The molecule has 1 aromatic rings. The van der Waals surface area contributed by atoms with E-state index in [4.69, 9.17) is 11.5 Å². The summed E-state index contributed by atoms with van der Waals surface area (Å²) < 4.78 is 26.9. The van der Waals surface area contributed by atoms with Crippen LogP contribution >= 0.6 is 12.2 Å². The van der Waals surface area contributed by atoms with Crippen molar-refractivity contribution in [2.24, 2.45) is 11.5 Å². The van der Waals surface area contributed by atoms with Crippen LogP contribution in [0.25, 0.3) is 0 Å². The molecule has 0 aliphatic rings. The number of benzene rings is 1. The Labute approximate surface area is 102 Å². The van der Waals surface area contributed by atoms with Crippen LogP contribution in [-0.2, 0) is 4.79 Å². The normalized spacial score (nSPS) is 10.0. The lowest BCUT2D eigenvalue weighted by Crippen LogP contribution is -2.17. The second-order valence-corrected chi connectivity index (χ2v) is 3.76. The molecule has 0 heterocycles. The van der Waals surface area contributed by atoms with Crippen molar-refractivity contribution in [3.05, 3.63) is 29.3 Å². The fourth-order valence-electron chi connectivity index (χ4n) is 1.19. The monoisotopic (exact) mass is 259 g/mol. The fourth-order valence-corrected chi connectivity index (χ4v) is 1.31. The summed E-state index contributed by atoms with van der Waals surface area (Å²) in [6, 6.07) is 2.05. The van der Waals surface area contributed by atoms with Crippen molar-refractivity contribution in [1.82, 2.24) is 0 Å². The molecule has 0 fully saturated rings. The number of anilines is 1. The van der Waals surface area contributed by atoms with Gasteiger partial charge in [-0.1, -0.05) is 12.2 Å². The standard InChI is InChI=1S/C10H11F2N3OS/c11-6-3-5(10(14)17)4-7(12)9(6)15-2-1-8(13)16/h3-4,15H,1-2H2,(H2,13,16)(H2,14,17). The molecule has 0 aromatic heterocycles. The van der Waals surface area contributed by atoms with Crippen LogP contribution in [0, 0.1) is 11.6 Å². The van der Waals surface area contributed by atoms with Crippen molar-refractivity contribution < 1.29 is 13.6 Å². The zero-order chi connectivity index (χ0) is 13.0. The molecule has 5 N–H and O–H groups in total. The van der Waals surface area contributed by atoms with Crippen molar-refractivity contribution in [1.29, 1.82) is 0 Å². The van der Waals surface area contributed by atoms with E-state index >= 15 is 0 Å². The third-order valence-corrected chi connectivity index (χ3v) is 2.24. The molecule has 17 heavy (non-hydrogen) atoms. The second kappa shape index (κ2) is 5.53. The van der Waals surface area contributed by atoms with Crippen molar-refractivity contribution >= 4 is 28.8 Å². The summed E-state index contributed by atoms with van der Waals surface area (Å²) in [6.07, 6.45) is -0.0179. The Hall–Kier alpha value is -1.76. The Morgan fingerprint density at radius 2 is 1.82 bits per heavy atom. The molecule has 4 nitrogen and oxygen atoms in total. The highest BCUT2D eigenvalue weighted by Gasteiger charge is 2.12. The van der Waals surface area contributed by atoms with Crippen molar-refractivity contribution in [2.75, 3.05) is 11.9 Å². The zero-order valence-corrected chi connectivity index (χ0v) is 9.61. The molecule has 0 unspecified atom stereocenters. The molecular weight excluding hydrogens is 248 g/mol. The van der Waals surface area contributed by atoms with Gasteiger partial charge in [-0.15, -0.1) is 0 Å². The van der Waals surface area contributed by atoms with Crippen LogP contribution in [0.3, 0.4) is 0 Å². The van der Waals surface area contributed by atoms with Gasteiger partial charge in [-0.3, -0.25) is 4.79 Å². The van der Waals surface area contributed by atoms with Crippen LogP contribution in [-0.4, -0.2) is 17.4 Å². The average Bonchev–Trinajstić information content (AvgIpc) is 2.21. The third-order valence-electron chi connectivity index (χ3n) is 2.00. The van der Waals surface area contributed by atoms with Gasteiger partial charge in [0.15, 0.2) is 0 Å². The van der Waals surface area contributed by atoms with Gasteiger partial charge in [0.05, 0.1) is 0 Å². The van der Waals surface area contributed by atoms with Crippen molar-refractivity contribution in [2.45, 2.75) is 6.42 Å². The minimum absolute atomic E-state index is 0.0179. The van der Waals surface area contributed by atoms with Crippen LogP contribution in [0.15, 0.2) is 12.1 Å². The number of primary amides is 1. The zero-order valence-electron chi connectivity index (χ0n) is 8.80. The lowest BCUT2D eigenvalue weighted by Gasteiger charge is -2.09. The van der Waals surface area contributed by atoms with Gasteiger partial charge in [-0.25, -0.2) is 8.78 Å². The second-order valence-electron chi connectivity index (χ2n) is 3.32. The van der Waals surface area contributed by atoms with Crippen LogP contribution in [0.1, 0.15) is 12.0 Å². The van der Waals surface area contributed by atoms with Crippen molar-refractivity contribution in [3.8, 4) is 0 Å². The maximum atomic E-state index is 13.5. The molecule has 0 aliphatic heterocycles. The Morgan fingerprint density at radius 1 is 1.29 bits per heavy atom. The number of nitrogens with two attached hydrogens (primary N) is 2. The molecular formula is C10H11F2N3OS. The van der Waals surface area contributed by atoms with Gasteiger partial charge in [0.1, 0.15) is 22.3 Å². The quantitative estimate of drug-likeness (QED) is 0.686. The maximum Gasteiger partial charge on any atom is 0.219 e. The molecule has 1 amide bonds. The Kier molecular flexibility index (Phi) is 4.33. The first-order valence-electron chi connectivity index (χ1n) is 4.73. The number of nitrogens with one attached hydrogen (secondary N) is 1. The number of thiocarbonyl (C=S) groups is 1. The van der Waals surface area contributed by atoms with Crippen LogP contribution in [0.4, 0.5) is 14.5 Å². The number of carbonyl (C=O) groups excluding carboxylic acids is 1. The van der Waals surface area contributed by atoms with Crippen LogP contribution in [0.5, 0.6) is 0 Å². The first-order valence-corrected chi connectivity index (χ1v) is 5.13. The maximum absolute atomic E-state index is 13.5. The lowest BCUT2D eigenvalue weighted by molar-refractivity contribution is -0.117. The van der Waals surface area contributed by atoms with E-state index < -0.39 is 17.5 Å². The van der Waals surface area contributed by atoms with Crippen molar-refractivity contribution in [3.63, 3.8) is 0 Å². The number of hydrogen-bond acceptors (Lipinski definition) is 3. The highest BCUT2D eigenvalue weighted by molar-refractivity contribution is 7.80. The Bertz CT molecular complexity index is 442. The molecule has 0 spiro atoms. The van der Waals surface area contributed by atoms with E-state index in [1.54, 1.807) is 0 Å². The fraction of sp³-hybridized carbons (Fsp3) is 0.200. The molecule has 0 radical (unpaired) electrons. The molecule has 7 heteroatoms. The largest absolute Gasteiger partial charge is 0.389 e. The lowest BCUT2D eigenvalue weighted by atomic mass is 10.2. The number of amides is 1. The van der Waals surface area contributed by atoms with E-state index in [0.29, 0.717) is 0 Å². The summed E-state index contributed by atoms with van der Waals surface area (Å²) in [7, 11) is 0. The summed E-state index contributed by atoms with van der Waals surface area (Å²) in [4.78, 5) is 10.4. The summed E-state index contributed by atoms with van der Waals surface area (Å²) in [5.41, 5.74) is 9.93. The van der Waals surface area contributed by atoms with Gasteiger partial charge in [-0.2, -0.15) is 0 Å². The van der Waals surface area contributed by atoms with Gasteiger partial charge in [-0.05, 0) is 12.1 Å². The van der Waals surface area contributed by atoms with E-state index in [1.807, 2.05) is 0 Å². The molecule has 0 atom stereocenters. The van der Waals surface area contributed by atoms with Gasteiger partial charge in [0, 0.05) is 18.5 Å². The predicted molar refractivity (Wildman–Crippen MR) is 64.5 cm³/mol. The molecule has 0 aliphatic carbocycles. The minimum Gasteiger partial charge on any atom is -0.389 e. The van der Waals surface area contributed by atoms with Crippen LogP contribution < -0.4 is 16.8 Å². The highest BCUT2D eigenvalue weighted by atomic mass is 32.1. The highest BCUT2D eigenvalue weighted by Crippen LogP contribution is 2.20. The SMILES string of the molecule is NC(=O)CCNc1c(F)cc(C(N)=S)cc1F.